The second-order valence-electron chi connectivity index (χ2n) is 4.11. The Bertz CT molecular complexity index is 513. The first-order chi connectivity index (χ1) is 8.79. The number of hydrogen-bond acceptors (Lipinski definition) is 4. The third kappa shape index (κ3) is 2.25. The SMILES string of the molecule is CCC1=NN(C(=O)c2cccs2)[C@](O)(C(F)(F)F)C1. The Labute approximate surface area is 111 Å². The molecule has 0 saturated heterocycles. The van der Waals surface area contributed by atoms with Crippen LogP contribution in [0.2, 0.25) is 0 Å². The summed E-state index contributed by atoms with van der Waals surface area (Å²) in [5.41, 5.74) is -3.11. The molecule has 0 radical (unpaired) electrons. The first-order valence-electron chi connectivity index (χ1n) is 5.53. The van der Waals surface area contributed by atoms with E-state index in [1.807, 2.05) is 0 Å². The van der Waals surface area contributed by atoms with Crippen LogP contribution in [-0.4, -0.2) is 33.6 Å². The fourth-order valence-corrected chi connectivity index (χ4v) is 2.40. The number of nitrogens with zero attached hydrogens (tertiary/aromatic N) is 2. The van der Waals surface area contributed by atoms with Crippen molar-refractivity contribution in [2.45, 2.75) is 31.7 Å². The second kappa shape index (κ2) is 4.61. The molecule has 104 valence electrons. The molecule has 0 aliphatic carbocycles. The Hall–Kier alpha value is -1.41. The molecule has 0 saturated carbocycles. The van der Waals surface area contributed by atoms with Crippen LogP contribution in [0.25, 0.3) is 0 Å². The topological polar surface area (TPSA) is 52.9 Å². The van der Waals surface area contributed by atoms with E-state index in [1.165, 1.54) is 6.07 Å². The molecule has 1 aliphatic rings. The minimum atomic E-state index is -4.96. The van der Waals surface area contributed by atoms with Gasteiger partial charge in [-0.05, 0) is 17.9 Å². The second-order valence-corrected chi connectivity index (χ2v) is 5.05. The number of aliphatic hydroxyl groups is 1. The number of halogens is 3. The number of carbonyl (C=O) groups excluding carboxylic acids is 1. The molecule has 0 bridgehead atoms. The van der Waals surface area contributed by atoms with Crippen molar-refractivity contribution in [3.8, 4) is 0 Å². The number of carbonyl (C=O) groups is 1. The van der Waals surface area contributed by atoms with Gasteiger partial charge in [-0.1, -0.05) is 13.0 Å². The van der Waals surface area contributed by atoms with Gasteiger partial charge in [-0.3, -0.25) is 4.79 Å². The van der Waals surface area contributed by atoms with Crippen molar-refractivity contribution < 1.29 is 23.1 Å². The molecule has 1 aliphatic heterocycles. The summed E-state index contributed by atoms with van der Waals surface area (Å²) >= 11 is 0.999. The molecular weight excluding hydrogens is 281 g/mol. The third-order valence-corrected chi connectivity index (χ3v) is 3.69. The maximum Gasteiger partial charge on any atom is 0.438 e. The van der Waals surface area contributed by atoms with Gasteiger partial charge in [-0.2, -0.15) is 23.3 Å². The van der Waals surface area contributed by atoms with Gasteiger partial charge in [0.15, 0.2) is 0 Å². The van der Waals surface area contributed by atoms with E-state index in [9.17, 15) is 23.1 Å². The van der Waals surface area contributed by atoms with Crippen molar-refractivity contribution in [2.24, 2.45) is 5.10 Å². The van der Waals surface area contributed by atoms with Crippen LogP contribution in [0.1, 0.15) is 29.4 Å². The first-order valence-corrected chi connectivity index (χ1v) is 6.41. The summed E-state index contributed by atoms with van der Waals surface area (Å²) in [5, 5.41) is 15.2. The number of amides is 1. The summed E-state index contributed by atoms with van der Waals surface area (Å²) in [7, 11) is 0. The fraction of sp³-hybridized carbons (Fsp3) is 0.455. The number of alkyl halides is 3. The number of rotatable bonds is 2. The van der Waals surface area contributed by atoms with Crippen molar-refractivity contribution in [3.63, 3.8) is 0 Å². The van der Waals surface area contributed by atoms with Gasteiger partial charge in [0.2, 0.25) is 0 Å². The van der Waals surface area contributed by atoms with Gasteiger partial charge >= 0.3 is 6.18 Å². The van der Waals surface area contributed by atoms with Crippen LogP contribution in [0.4, 0.5) is 13.2 Å². The molecule has 1 N–H and O–H groups in total. The zero-order chi connectivity index (χ0) is 14.3. The average molecular weight is 292 g/mol. The fourth-order valence-electron chi connectivity index (χ4n) is 1.75. The molecule has 1 atom stereocenters. The lowest BCUT2D eigenvalue weighted by molar-refractivity contribution is -0.297. The summed E-state index contributed by atoms with van der Waals surface area (Å²) in [6.07, 6.45) is -5.42. The van der Waals surface area contributed by atoms with Crippen LogP contribution in [-0.2, 0) is 0 Å². The Morgan fingerprint density at radius 3 is 2.79 bits per heavy atom. The molecule has 8 heteroatoms. The summed E-state index contributed by atoms with van der Waals surface area (Å²) in [6.45, 7) is 1.62. The molecule has 0 fully saturated rings. The molecule has 4 nitrogen and oxygen atoms in total. The van der Waals surface area contributed by atoms with Gasteiger partial charge < -0.3 is 5.11 Å². The molecule has 0 spiro atoms. The zero-order valence-corrected chi connectivity index (χ0v) is 10.8. The van der Waals surface area contributed by atoms with Gasteiger partial charge in [-0.15, -0.1) is 11.3 Å². The molecule has 0 unspecified atom stereocenters. The van der Waals surface area contributed by atoms with E-state index in [4.69, 9.17) is 0 Å². The van der Waals surface area contributed by atoms with Crippen molar-refractivity contribution in [1.82, 2.24) is 5.01 Å². The molecule has 19 heavy (non-hydrogen) atoms. The molecule has 0 aromatic carbocycles. The van der Waals surface area contributed by atoms with Crippen LogP contribution in [0.3, 0.4) is 0 Å². The highest BCUT2D eigenvalue weighted by Gasteiger charge is 2.63. The number of thiophene rings is 1. The predicted molar refractivity (Wildman–Crippen MR) is 63.8 cm³/mol. The standard InChI is InChI=1S/C11H11F3N2O2S/c1-2-7-6-10(18,11(12,13)14)16(15-7)9(17)8-4-3-5-19-8/h3-5,18H,2,6H2,1H3/t10-/m1/s1. The Kier molecular flexibility index (Phi) is 3.40. The minimum Gasteiger partial charge on any atom is -0.362 e. The van der Waals surface area contributed by atoms with Crippen molar-refractivity contribution in [2.75, 3.05) is 0 Å². The average Bonchev–Trinajstić information content (AvgIpc) is 2.94. The van der Waals surface area contributed by atoms with E-state index in [0.717, 1.165) is 11.3 Å². The van der Waals surface area contributed by atoms with Crippen LogP contribution >= 0.6 is 11.3 Å². The number of hydrazone groups is 1. The van der Waals surface area contributed by atoms with Crippen LogP contribution in [0, 0.1) is 0 Å². The predicted octanol–water partition coefficient (Wildman–Crippen LogP) is 2.61. The third-order valence-electron chi connectivity index (χ3n) is 2.83. The van der Waals surface area contributed by atoms with Gasteiger partial charge in [0.05, 0.1) is 4.88 Å². The summed E-state index contributed by atoms with van der Waals surface area (Å²) < 4.78 is 39.0. The lowest BCUT2D eigenvalue weighted by atomic mass is 10.1. The molecule has 1 aromatic heterocycles. The lowest BCUT2D eigenvalue weighted by Gasteiger charge is -2.32. The summed E-state index contributed by atoms with van der Waals surface area (Å²) in [6, 6.07) is 2.94. The highest BCUT2D eigenvalue weighted by molar-refractivity contribution is 7.12. The largest absolute Gasteiger partial charge is 0.438 e. The molecule has 1 aromatic rings. The zero-order valence-electron chi connectivity index (χ0n) is 9.94. The Morgan fingerprint density at radius 2 is 2.32 bits per heavy atom. The van der Waals surface area contributed by atoms with E-state index in [0.29, 0.717) is 0 Å². The minimum absolute atomic E-state index is 0.101. The van der Waals surface area contributed by atoms with Crippen LogP contribution in [0.15, 0.2) is 22.6 Å². The maximum atomic E-state index is 13.0. The smallest absolute Gasteiger partial charge is 0.362 e. The lowest BCUT2D eigenvalue weighted by Crippen LogP contribution is -2.56. The molecule has 2 heterocycles. The number of hydrogen-bond donors (Lipinski definition) is 1. The van der Waals surface area contributed by atoms with Gasteiger partial charge in [0, 0.05) is 12.1 Å². The summed E-state index contributed by atoms with van der Waals surface area (Å²) in [4.78, 5) is 12.1. The molecular formula is C11H11F3N2O2S. The Balaban J connectivity index is 2.40. The molecule has 1 amide bonds. The highest BCUT2D eigenvalue weighted by atomic mass is 32.1. The first kappa shape index (κ1) is 14.0. The monoisotopic (exact) mass is 292 g/mol. The van der Waals surface area contributed by atoms with Crippen molar-refractivity contribution in [3.05, 3.63) is 22.4 Å². The van der Waals surface area contributed by atoms with Crippen molar-refractivity contribution in [1.29, 1.82) is 0 Å². The normalized spacial score (nSPS) is 23.6. The van der Waals surface area contributed by atoms with E-state index < -0.39 is 24.2 Å². The molecule has 2 rings (SSSR count). The van der Waals surface area contributed by atoms with Gasteiger partial charge in [0.1, 0.15) is 0 Å². The van der Waals surface area contributed by atoms with Gasteiger partial charge in [-0.25, -0.2) is 0 Å². The quantitative estimate of drug-likeness (QED) is 0.911. The highest BCUT2D eigenvalue weighted by Crippen LogP contribution is 2.41. The maximum absolute atomic E-state index is 13.0. The van der Waals surface area contributed by atoms with Crippen LogP contribution in [0.5, 0.6) is 0 Å². The van der Waals surface area contributed by atoms with Crippen molar-refractivity contribution >= 4 is 23.0 Å². The van der Waals surface area contributed by atoms with E-state index in [2.05, 4.69) is 5.10 Å². The van der Waals surface area contributed by atoms with Gasteiger partial charge in [0.25, 0.3) is 11.6 Å². The van der Waals surface area contributed by atoms with Crippen LogP contribution < -0.4 is 0 Å². The van der Waals surface area contributed by atoms with E-state index in [1.54, 1.807) is 18.4 Å². The summed E-state index contributed by atoms with van der Waals surface area (Å²) in [5.74, 6) is -0.946. The Morgan fingerprint density at radius 1 is 1.63 bits per heavy atom. The van der Waals surface area contributed by atoms with E-state index >= 15 is 0 Å². The van der Waals surface area contributed by atoms with E-state index in [-0.39, 0.29) is 22.0 Å².